The molecule has 0 spiro atoms. The van der Waals surface area contributed by atoms with Crippen LogP contribution in [0, 0.1) is 0 Å². The summed E-state index contributed by atoms with van der Waals surface area (Å²) in [6, 6.07) is 15.1. The van der Waals surface area contributed by atoms with E-state index in [1.54, 1.807) is 31.4 Å². The molecule has 0 saturated carbocycles. The van der Waals surface area contributed by atoms with Gasteiger partial charge in [-0.15, -0.1) is 0 Å². The molecule has 28 heavy (non-hydrogen) atoms. The molecule has 1 fully saturated rings. The highest BCUT2D eigenvalue weighted by Gasteiger charge is 2.19. The van der Waals surface area contributed by atoms with Crippen LogP contribution in [0.25, 0.3) is 0 Å². The molecule has 148 valence electrons. The second-order valence-electron chi connectivity index (χ2n) is 7.09. The summed E-state index contributed by atoms with van der Waals surface area (Å²) in [6.07, 6.45) is 0. The molecule has 2 aromatic rings. The van der Waals surface area contributed by atoms with Crippen molar-refractivity contribution in [3.63, 3.8) is 0 Å². The number of ether oxygens (including phenoxy) is 1. The second kappa shape index (κ2) is 9.48. The van der Waals surface area contributed by atoms with E-state index < -0.39 is 0 Å². The first-order valence-electron chi connectivity index (χ1n) is 9.52. The van der Waals surface area contributed by atoms with E-state index in [4.69, 9.17) is 4.74 Å². The summed E-state index contributed by atoms with van der Waals surface area (Å²) in [5.41, 5.74) is 2.59. The predicted molar refractivity (Wildman–Crippen MR) is 110 cm³/mol. The number of nitrogens with zero attached hydrogens (tertiary/aromatic N) is 2. The Morgan fingerprint density at radius 2 is 1.68 bits per heavy atom. The van der Waals surface area contributed by atoms with Crippen LogP contribution in [0.4, 0.5) is 5.69 Å². The molecule has 6 nitrogen and oxygen atoms in total. The van der Waals surface area contributed by atoms with Gasteiger partial charge in [0.1, 0.15) is 5.75 Å². The number of ketones is 1. The summed E-state index contributed by atoms with van der Waals surface area (Å²) in [4.78, 5) is 28.2. The van der Waals surface area contributed by atoms with Gasteiger partial charge in [0.2, 0.25) is 5.91 Å². The van der Waals surface area contributed by atoms with E-state index in [9.17, 15) is 9.59 Å². The highest BCUT2D eigenvalue weighted by Crippen LogP contribution is 2.15. The summed E-state index contributed by atoms with van der Waals surface area (Å²) in [5.74, 6) is 0.866. The van der Waals surface area contributed by atoms with Crippen LogP contribution in [0.5, 0.6) is 5.75 Å². The SMILES string of the molecule is COc1cccc(CN2CCN(CC(=O)Nc3ccc(C(C)=O)cc3)CC2)c1. The Labute approximate surface area is 166 Å². The van der Waals surface area contributed by atoms with Gasteiger partial charge < -0.3 is 10.1 Å². The molecule has 1 aliphatic heterocycles. The largest absolute Gasteiger partial charge is 0.497 e. The summed E-state index contributed by atoms with van der Waals surface area (Å²) in [6.45, 7) is 6.37. The third-order valence-electron chi connectivity index (χ3n) is 4.95. The van der Waals surface area contributed by atoms with Gasteiger partial charge in [-0.3, -0.25) is 19.4 Å². The fourth-order valence-electron chi connectivity index (χ4n) is 3.33. The fraction of sp³-hybridized carbons (Fsp3) is 0.364. The van der Waals surface area contributed by atoms with E-state index in [1.807, 2.05) is 12.1 Å². The third kappa shape index (κ3) is 5.65. The van der Waals surface area contributed by atoms with Crippen LogP contribution in [-0.2, 0) is 11.3 Å². The minimum absolute atomic E-state index is 0.0182. The van der Waals surface area contributed by atoms with Gasteiger partial charge in [-0.05, 0) is 48.9 Å². The van der Waals surface area contributed by atoms with Crippen LogP contribution in [0.2, 0.25) is 0 Å². The minimum atomic E-state index is -0.0307. The maximum absolute atomic E-state index is 12.3. The number of rotatable bonds is 7. The van der Waals surface area contributed by atoms with Crippen molar-refractivity contribution in [2.75, 3.05) is 45.2 Å². The smallest absolute Gasteiger partial charge is 0.238 e. The Morgan fingerprint density at radius 1 is 1.00 bits per heavy atom. The zero-order valence-electron chi connectivity index (χ0n) is 16.5. The lowest BCUT2D eigenvalue weighted by molar-refractivity contribution is -0.117. The van der Waals surface area contributed by atoms with Crippen molar-refractivity contribution in [1.29, 1.82) is 0 Å². The number of amides is 1. The van der Waals surface area contributed by atoms with E-state index in [1.165, 1.54) is 12.5 Å². The number of piperazine rings is 1. The van der Waals surface area contributed by atoms with Crippen LogP contribution in [0.3, 0.4) is 0 Å². The summed E-state index contributed by atoms with van der Waals surface area (Å²) in [5, 5.41) is 2.90. The molecular weight excluding hydrogens is 354 g/mol. The molecule has 0 unspecified atom stereocenters. The predicted octanol–water partition coefficient (Wildman–Crippen LogP) is 2.65. The molecule has 1 amide bonds. The number of nitrogens with one attached hydrogen (secondary N) is 1. The van der Waals surface area contributed by atoms with Crippen LogP contribution in [0.15, 0.2) is 48.5 Å². The minimum Gasteiger partial charge on any atom is -0.497 e. The van der Waals surface area contributed by atoms with E-state index in [0.717, 1.165) is 38.5 Å². The van der Waals surface area contributed by atoms with Crippen LogP contribution in [-0.4, -0.2) is 61.3 Å². The van der Waals surface area contributed by atoms with Crippen molar-refractivity contribution in [3.05, 3.63) is 59.7 Å². The Balaban J connectivity index is 1.43. The lowest BCUT2D eigenvalue weighted by Gasteiger charge is -2.34. The molecule has 1 N–H and O–H groups in total. The number of carbonyl (C=O) groups excluding carboxylic acids is 2. The standard InChI is InChI=1S/C22H27N3O3/c1-17(26)19-6-8-20(9-7-19)23-22(27)16-25-12-10-24(11-13-25)15-18-4-3-5-21(14-18)28-2/h3-9,14H,10-13,15-16H2,1-2H3,(H,23,27). The third-order valence-corrected chi connectivity index (χ3v) is 4.95. The van der Waals surface area contributed by atoms with E-state index in [0.29, 0.717) is 17.8 Å². The summed E-state index contributed by atoms with van der Waals surface area (Å²) < 4.78 is 5.28. The normalized spacial score (nSPS) is 15.2. The monoisotopic (exact) mass is 381 g/mol. The van der Waals surface area contributed by atoms with Gasteiger partial charge in [0.15, 0.2) is 5.78 Å². The Morgan fingerprint density at radius 3 is 2.32 bits per heavy atom. The number of methoxy groups -OCH3 is 1. The van der Waals surface area contributed by atoms with Gasteiger partial charge in [0.05, 0.1) is 13.7 Å². The number of hydrogen-bond donors (Lipinski definition) is 1. The number of benzene rings is 2. The second-order valence-corrected chi connectivity index (χ2v) is 7.09. The first-order valence-corrected chi connectivity index (χ1v) is 9.52. The molecule has 0 aromatic heterocycles. The van der Waals surface area contributed by atoms with Crippen molar-refractivity contribution in [2.24, 2.45) is 0 Å². The quantitative estimate of drug-likeness (QED) is 0.747. The maximum atomic E-state index is 12.3. The molecule has 0 atom stereocenters. The van der Waals surface area contributed by atoms with Gasteiger partial charge in [-0.25, -0.2) is 0 Å². The highest BCUT2D eigenvalue weighted by molar-refractivity contribution is 5.96. The fourth-order valence-corrected chi connectivity index (χ4v) is 3.33. The van der Waals surface area contributed by atoms with E-state index in [-0.39, 0.29) is 11.7 Å². The summed E-state index contributed by atoms with van der Waals surface area (Å²) >= 11 is 0. The lowest BCUT2D eigenvalue weighted by Crippen LogP contribution is -2.48. The van der Waals surface area contributed by atoms with Gasteiger partial charge in [-0.1, -0.05) is 12.1 Å². The average molecular weight is 381 g/mol. The molecule has 1 saturated heterocycles. The van der Waals surface area contributed by atoms with E-state index >= 15 is 0 Å². The van der Waals surface area contributed by atoms with Crippen molar-refractivity contribution >= 4 is 17.4 Å². The van der Waals surface area contributed by atoms with Crippen LogP contribution >= 0.6 is 0 Å². The summed E-state index contributed by atoms with van der Waals surface area (Å²) in [7, 11) is 1.68. The van der Waals surface area contributed by atoms with Crippen molar-refractivity contribution in [1.82, 2.24) is 9.80 Å². The van der Waals surface area contributed by atoms with Gasteiger partial charge in [0, 0.05) is 44.0 Å². The topological polar surface area (TPSA) is 61.9 Å². The molecule has 0 aliphatic carbocycles. The molecule has 6 heteroatoms. The first kappa shape index (κ1) is 20.0. The molecule has 0 radical (unpaired) electrons. The molecule has 0 bridgehead atoms. The molecule has 1 heterocycles. The Bertz CT molecular complexity index is 812. The molecule has 3 rings (SSSR count). The Hall–Kier alpha value is -2.70. The number of anilines is 1. The van der Waals surface area contributed by atoms with Crippen LogP contribution < -0.4 is 10.1 Å². The Kier molecular flexibility index (Phi) is 6.79. The van der Waals surface area contributed by atoms with Gasteiger partial charge in [-0.2, -0.15) is 0 Å². The first-order chi connectivity index (χ1) is 13.5. The zero-order valence-corrected chi connectivity index (χ0v) is 16.5. The van der Waals surface area contributed by atoms with Crippen molar-refractivity contribution < 1.29 is 14.3 Å². The molecular formula is C22H27N3O3. The molecule has 2 aromatic carbocycles. The molecule has 1 aliphatic rings. The number of carbonyl (C=O) groups is 2. The average Bonchev–Trinajstić information content (AvgIpc) is 2.70. The van der Waals surface area contributed by atoms with Crippen molar-refractivity contribution in [3.8, 4) is 5.75 Å². The van der Waals surface area contributed by atoms with Gasteiger partial charge >= 0.3 is 0 Å². The number of hydrogen-bond acceptors (Lipinski definition) is 5. The van der Waals surface area contributed by atoms with Crippen molar-refractivity contribution in [2.45, 2.75) is 13.5 Å². The van der Waals surface area contributed by atoms with E-state index in [2.05, 4.69) is 27.2 Å². The maximum Gasteiger partial charge on any atom is 0.238 e. The van der Waals surface area contributed by atoms with Crippen LogP contribution in [0.1, 0.15) is 22.8 Å². The number of Topliss-reactive ketones (excluding diaryl/α,β-unsaturated/α-hetero) is 1. The lowest BCUT2D eigenvalue weighted by atomic mass is 10.1. The highest BCUT2D eigenvalue weighted by atomic mass is 16.5. The van der Waals surface area contributed by atoms with Gasteiger partial charge in [0.25, 0.3) is 0 Å². The zero-order chi connectivity index (χ0) is 19.9.